The third-order valence-corrected chi connectivity index (χ3v) is 1.10. The molecule has 0 heterocycles. The lowest BCUT2D eigenvalue weighted by molar-refractivity contribution is -0.111. The Morgan fingerprint density at radius 2 is 2.11 bits per heavy atom. The van der Waals surface area contributed by atoms with Gasteiger partial charge in [0.2, 0.25) is 5.78 Å². The van der Waals surface area contributed by atoms with E-state index in [4.69, 9.17) is 4.55 Å². The first kappa shape index (κ1) is 8.14. The molecule has 0 atom stereocenters. The highest BCUT2D eigenvalue weighted by Gasteiger charge is 2.08. The Bertz CT molecular complexity index is 242. The topological polar surface area (TPSA) is 71.4 Å². The largest absolute Gasteiger partial charge is 0.285 e. The number of terminal acetylenes is 1. The maximum atomic E-state index is 10.1. The van der Waals surface area contributed by atoms with E-state index in [-0.39, 0.29) is 0 Å². The molecular weight excluding hydrogens is 144 g/mol. The van der Waals surface area contributed by atoms with E-state index in [1.54, 1.807) is 5.92 Å². The van der Waals surface area contributed by atoms with Gasteiger partial charge in [-0.1, -0.05) is 0 Å². The molecule has 0 spiro atoms. The van der Waals surface area contributed by atoms with Gasteiger partial charge in [-0.3, -0.25) is 9.35 Å². The van der Waals surface area contributed by atoms with Crippen LogP contribution in [-0.4, -0.2) is 24.5 Å². The van der Waals surface area contributed by atoms with E-state index in [1.165, 1.54) is 0 Å². The molecule has 9 heavy (non-hydrogen) atoms. The number of rotatable bonds is 2. The summed E-state index contributed by atoms with van der Waals surface area (Å²) in [5.41, 5.74) is 0. The van der Waals surface area contributed by atoms with E-state index in [0.717, 1.165) is 0 Å². The van der Waals surface area contributed by atoms with Crippen molar-refractivity contribution < 1.29 is 17.8 Å². The van der Waals surface area contributed by atoms with Gasteiger partial charge >= 0.3 is 0 Å². The van der Waals surface area contributed by atoms with Gasteiger partial charge in [0.15, 0.2) is 0 Å². The van der Waals surface area contributed by atoms with Gasteiger partial charge in [0.05, 0.1) is 0 Å². The zero-order chi connectivity index (χ0) is 7.49. The Labute approximate surface area is 52.6 Å². The van der Waals surface area contributed by atoms with Gasteiger partial charge < -0.3 is 0 Å². The number of ketones is 1. The van der Waals surface area contributed by atoms with Crippen LogP contribution in [0.4, 0.5) is 0 Å². The van der Waals surface area contributed by atoms with E-state index in [1.807, 2.05) is 0 Å². The predicted molar refractivity (Wildman–Crippen MR) is 30.3 cm³/mol. The minimum atomic E-state index is -4.23. The Balaban J connectivity index is 4.12. The van der Waals surface area contributed by atoms with E-state index in [9.17, 15) is 13.2 Å². The number of carbonyl (C=O) groups is 1. The van der Waals surface area contributed by atoms with E-state index in [2.05, 4.69) is 6.42 Å². The molecule has 50 valence electrons. The van der Waals surface area contributed by atoms with Gasteiger partial charge in [0.25, 0.3) is 10.1 Å². The van der Waals surface area contributed by atoms with Crippen LogP contribution in [0.25, 0.3) is 0 Å². The van der Waals surface area contributed by atoms with Crippen LogP contribution in [0.3, 0.4) is 0 Å². The predicted octanol–water partition coefficient (Wildman–Crippen LogP) is -0.923. The molecule has 0 aromatic carbocycles. The lowest BCUT2D eigenvalue weighted by atomic mass is 10.5. The van der Waals surface area contributed by atoms with Crippen LogP contribution in [0.2, 0.25) is 0 Å². The van der Waals surface area contributed by atoms with Gasteiger partial charge in [-0.05, 0) is 5.92 Å². The summed E-state index contributed by atoms with van der Waals surface area (Å²) < 4.78 is 27.7. The molecule has 1 N–H and O–H groups in total. The molecule has 0 fully saturated rings. The fourth-order valence-corrected chi connectivity index (χ4v) is 0.622. The molecule has 0 rings (SSSR count). The SMILES string of the molecule is C#CC(=O)CS(=O)(=O)O. The maximum absolute atomic E-state index is 10.1. The van der Waals surface area contributed by atoms with Crippen LogP contribution in [-0.2, 0) is 14.9 Å². The molecule has 0 saturated heterocycles. The fraction of sp³-hybridized carbons (Fsp3) is 0.250. The van der Waals surface area contributed by atoms with Gasteiger partial charge in [-0.25, -0.2) is 0 Å². The van der Waals surface area contributed by atoms with Crippen LogP contribution in [0.5, 0.6) is 0 Å². The lowest BCUT2D eigenvalue weighted by Crippen LogP contribution is -2.12. The molecular formula is C4H4O4S. The highest BCUT2D eigenvalue weighted by Crippen LogP contribution is 1.80. The fourth-order valence-electron chi connectivity index (χ4n) is 0.207. The number of hydrogen-bond donors (Lipinski definition) is 1. The van der Waals surface area contributed by atoms with Crippen molar-refractivity contribution in [1.82, 2.24) is 0 Å². The second-order valence-electron chi connectivity index (χ2n) is 1.29. The maximum Gasteiger partial charge on any atom is 0.273 e. The van der Waals surface area contributed by atoms with E-state index in [0.29, 0.717) is 0 Å². The molecule has 0 unspecified atom stereocenters. The first-order valence-corrected chi connectivity index (χ1v) is 3.51. The van der Waals surface area contributed by atoms with Gasteiger partial charge in [-0.2, -0.15) is 8.42 Å². The van der Waals surface area contributed by atoms with Crippen LogP contribution in [0, 0.1) is 12.3 Å². The summed E-state index contributed by atoms with van der Waals surface area (Å²) in [7, 11) is -4.23. The third kappa shape index (κ3) is 5.00. The second-order valence-corrected chi connectivity index (χ2v) is 2.75. The average molecular weight is 148 g/mol. The third-order valence-electron chi connectivity index (χ3n) is 0.474. The normalized spacial score (nSPS) is 10.2. The molecule has 5 heteroatoms. The summed E-state index contributed by atoms with van der Waals surface area (Å²) in [4.78, 5) is 10.1. The quantitative estimate of drug-likeness (QED) is 0.312. The standard InChI is InChI=1S/C4H4O4S/c1-2-4(5)3-9(6,7)8/h1H,3H2,(H,6,7,8). The van der Waals surface area contributed by atoms with Crippen molar-refractivity contribution in [1.29, 1.82) is 0 Å². The van der Waals surface area contributed by atoms with Crippen molar-refractivity contribution in [3.63, 3.8) is 0 Å². The van der Waals surface area contributed by atoms with Gasteiger partial charge in [0.1, 0.15) is 5.75 Å². The van der Waals surface area contributed by atoms with E-state index < -0.39 is 21.7 Å². The minimum Gasteiger partial charge on any atom is -0.285 e. The molecule has 0 amide bonds. The van der Waals surface area contributed by atoms with Crippen molar-refractivity contribution in [2.75, 3.05) is 5.75 Å². The molecule has 0 aliphatic carbocycles. The summed E-state index contributed by atoms with van der Waals surface area (Å²) in [6, 6.07) is 0. The number of hydrogen-bond acceptors (Lipinski definition) is 3. The van der Waals surface area contributed by atoms with Crippen LogP contribution in [0.1, 0.15) is 0 Å². The first-order chi connectivity index (χ1) is 3.95. The van der Waals surface area contributed by atoms with Crippen molar-refractivity contribution in [3.05, 3.63) is 0 Å². The zero-order valence-corrected chi connectivity index (χ0v) is 5.18. The molecule has 4 nitrogen and oxygen atoms in total. The van der Waals surface area contributed by atoms with Crippen LogP contribution in [0.15, 0.2) is 0 Å². The van der Waals surface area contributed by atoms with Crippen molar-refractivity contribution >= 4 is 15.9 Å². The van der Waals surface area contributed by atoms with Gasteiger partial charge in [0, 0.05) is 0 Å². The van der Waals surface area contributed by atoms with Crippen LogP contribution >= 0.6 is 0 Å². The molecule has 0 aliphatic heterocycles. The highest BCUT2D eigenvalue weighted by atomic mass is 32.2. The highest BCUT2D eigenvalue weighted by molar-refractivity contribution is 7.86. The summed E-state index contributed by atoms with van der Waals surface area (Å²) in [6.45, 7) is 0. The molecule has 0 saturated carbocycles. The Hall–Kier alpha value is -0.860. The lowest BCUT2D eigenvalue weighted by Gasteiger charge is -1.85. The van der Waals surface area contributed by atoms with E-state index >= 15 is 0 Å². The summed E-state index contributed by atoms with van der Waals surface area (Å²) in [5, 5.41) is 0. The Kier molecular flexibility index (Phi) is 2.37. The number of Topliss-reactive ketones (excluding diaryl/α,β-unsaturated/α-hetero) is 1. The molecule has 0 aromatic heterocycles. The summed E-state index contributed by atoms with van der Waals surface area (Å²) in [5.74, 6) is -0.400. The molecule has 0 bridgehead atoms. The monoisotopic (exact) mass is 148 g/mol. The van der Waals surface area contributed by atoms with Crippen molar-refractivity contribution in [2.45, 2.75) is 0 Å². The molecule has 0 aliphatic rings. The zero-order valence-electron chi connectivity index (χ0n) is 4.36. The summed E-state index contributed by atoms with van der Waals surface area (Å²) in [6.07, 6.45) is 4.50. The van der Waals surface area contributed by atoms with Gasteiger partial charge in [-0.15, -0.1) is 6.42 Å². The smallest absolute Gasteiger partial charge is 0.273 e. The first-order valence-electron chi connectivity index (χ1n) is 1.90. The second kappa shape index (κ2) is 2.62. The minimum absolute atomic E-state index is 0.947. The molecule has 0 aromatic rings. The summed E-state index contributed by atoms with van der Waals surface area (Å²) >= 11 is 0. The average Bonchev–Trinajstić information content (AvgIpc) is 1.62. The Morgan fingerprint density at radius 3 is 2.22 bits per heavy atom. The Morgan fingerprint density at radius 1 is 1.67 bits per heavy atom. The molecule has 0 radical (unpaired) electrons. The van der Waals surface area contributed by atoms with Crippen molar-refractivity contribution in [2.24, 2.45) is 0 Å². The van der Waals surface area contributed by atoms with Crippen molar-refractivity contribution in [3.8, 4) is 12.3 Å². The number of carbonyl (C=O) groups excluding carboxylic acids is 1. The van der Waals surface area contributed by atoms with Crippen LogP contribution < -0.4 is 0 Å².